The largest absolute Gasteiger partial charge is 0.493 e. The topological polar surface area (TPSA) is 56.8 Å². The fourth-order valence-corrected chi connectivity index (χ4v) is 2.53. The maximum absolute atomic E-state index is 12.4. The van der Waals surface area contributed by atoms with Gasteiger partial charge in [-0.2, -0.15) is 8.78 Å². The minimum atomic E-state index is -2.88. The van der Waals surface area contributed by atoms with Crippen molar-refractivity contribution in [3.63, 3.8) is 0 Å². The molecule has 0 fully saturated rings. The maximum atomic E-state index is 12.4. The molecule has 0 heterocycles. The van der Waals surface area contributed by atoms with E-state index in [1.165, 1.54) is 25.3 Å². The van der Waals surface area contributed by atoms with Gasteiger partial charge in [-0.25, -0.2) is 0 Å². The van der Waals surface area contributed by atoms with Gasteiger partial charge in [0.15, 0.2) is 11.5 Å². The van der Waals surface area contributed by atoms with E-state index in [-0.39, 0.29) is 23.2 Å². The molecule has 0 aliphatic carbocycles. The van der Waals surface area contributed by atoms with E-state index in [4.69, 9.17) is 21.1 Å². The third-order valence-electron chi connectivity index (χ3n) is 3.54. The Labute approximate surface area is 161 Å². The van der Waals surface area contributed by atoms with Crippen molar-refractivity contribution in [2.45, 2.75) is 26.5 Å². The summed E-state index contributed by atoms with van der Waals surface area (Å²) in [5.41, 5.74) is 1.05. The van der Waals surface area contributed by atoms with Gasteiger partial charge >= 0.3 is 6.61 Å². The number of alkyl halides is 2. The lowest BCUT2D eigenvalue weighted by Crippen LogP contribution is -2.22. The molecular weight excluding hydrogens is 380 g/mol. The number of hydrogen-bond donors (Lipinski definition) is 1. The van der Waals surface area contributed by atoms with Crippen LogP contribution in [0.25, 0.3) is 0 Å². The molecule has 1 N–H and O–H groups in total. The van der Waals surface area contributed by atoms with Gasteiger partial charge in [-0.1, -0.05) is 30.7 Å². The Morgan fingerprint density at radius 1 is 1.22 bits per heavy atom. The number of ether oxygens (including phenoxy) is 3. The van der Waals surface area contributed by atoms with Crippen molar-refractivity contribution in [1.82, 2.24) is 5.32 Å². The number of carbonyl (C=O) groups is 1. The smallest absolute Gasteiger partial charge is 0.387 e. The van der Waals surface area contributed by atoms with E-state index >= 15 is 0 Å². The summed E-state index contributed by atoms with van der Waals surface area (Å²) >= 11 is 6.21. The quantitative estimate of drug-likeness (QED) is 0.665. The summed E-state index contributed by atoms with van der Waals surface area (Å²) in [6, 6.07) is 9.05. The fraction of sp³-hybridized carbons (Fsp3) is 0.316. The number of amides is 1. The summed E-state index contributed by atoms with van der Waals surface area (Å²) in [7, 11) is 1.47. The van der Waals surface area contributed by atoms with Gasteiger partial charge in [0.1, 0.15) is 5.75 Å². The number of carbonyl (C=O) groups excluding carboxylic acids is 1. The van der Waals surface area contributed by atoms with E-state index in [0.29, 0.717) is 23.7 Å². The number of rotatable bonds is 9. The molecule has 27 heavy (non-hydrogen) atoms. The van der Waals surface area contributed by atoms with Crippen LogP contribution in [0.5, 0.6) is 17.2 Å². The van der Waals surface area contributed by atoms with Crippen molar-refractivity contribution in [1.29, 1.82) is 0 Å². The maximum Gasteiger partial charge on any atom is 0.387 e. The molecular formula is C19H20ClF2NO4. The van der Waals surface area contributed by atoms with Crippen molar-refractivity contribution in [3.05, 3.63) is 52.5 Å². The summed E-state index contributed by atoms with van der Waals surface area (Å²) in [5.74, 6) is 0.464. The number of benzene rings is 2. The first-order valence-corrected chi connectivity index (χ1v) is 8.64. The number of hydrogen-bond acceptors (Lipinski definition) is 4. The predicted octanol–water partition coefficient (Wildman–Crippen LogP) is 4.67. The molecule has 0 radical (unpaired) electrons. The predicted molar refractivity (Wildman–Crippen MR) is 98.0 cm³/mol. The van der Waals surface area contributed by atoms with Crippen molar-refractivity contribution in [3.8, 4) is 17.2 Å². The summed E-state index contributed by atoms with van der Waals surface area (Å²) in [5, 5.41) is 3.01. The summed E-state index contributed by atoms with van der Waals surface area (Å²) < 4.78 is 39.4. The van der Waals surface area contributed by atoms with E-state index in [9.17, 15) is 13.6 Å². The van der Waals surface area contributed by atoms with Crippen LogP contribution in [0.15, 0.2) is 36.4 Å². The standard InChI is InChI=1S/C19H20ClF2NO4/c1-3-8-26-17-15(20)9-13(10-16(17)25-2)18(24)23-11-12-4-6-14(7-5-12)27-19(21)22/h4-7,9-10,19H,3,8,11H2,1-2H3,(H,23,24). The highest BCUT2D eigenvalue weighted by atomic mass is 35.5. The van der Waals surface area contributed by atoms with Gasteiger partial charge in [0, 0.05) is 12.1 Å². The van der Waals surface area contributed by atoms with Crippen LogP contribution in [0.3, 0.4) is 0 Å². The summed E-state index contributed by atoms with van der Waals surface area (Å²) in [6.45, 7) is -0.220. The fourth-order valence-electron chi connectivity index (χ4n) is 2.27. The molecule has 2 aromatic carbocycles. The number of halogens is 3. The molecule has 0 saturated heterocycles. The second-order valence-electron chi connectivity index (χ2n) is 5.54. The molecule has 0 aliphatic rings. The molecule has 0 bridgehead atoms. The van der Waals surface area contributed by atoms with E-state index in [1.54, 1.807) is 18.2 Å². The Hall–Kier alpha value is -2.54. The molecule has 0 atom stereocenters. The Bertz CT molecular complexity index is 769. The zero-order chi connectivity index (χ0) is 19.8. The van der Waals surface area contributed by atoms with Gasteiger partial charge in [-0.15, -0.1) is 0 Å². The zero-order valence-corrected chi connectivity index (χ0v) is 15.7. The minimum absolute atomic E-state index is 0.0549. The van der Waals surface area contributed by atoms with Crippen molar-refractivity contribution in [2.75, 3.05) is 13.7 Å². The van der Waals surface area contributed by atoms with Crippen LogP contribution in [0, 0.1) is 0 Å². The molecule has 0 spiro atoms. The lowest BCUT2D eigenvalue weighted by Gasteiger charge is -2.14. The van der Waals surface area contributed by atoms with Gasteiger partial charge in [0.2, 0.25) is 0 Å². The molecule has 8 heteroatoms. The first-order valence-electron chi connectivity index (χ1n) is 8.26. The molecule has 146 valence electrons. The molecule has 0 aromatic heterocycles. The average molecular weight is 400 g/mol. The highest BCUT2D eigenvalue weighted by Gasteiger charge is 2.16. The van der Waals surface area contributed by atoms with Crippen molar-refractivity contribution < 1.29 is 27.8 Å². The van der Waals surface area contributed by atoms with Crippen LogP contribution in [-0.2, 0) is 6.54 Å². The average Bonchev–Trinajstić information content (AvgIpc) is 2.65. The van der Waals surface area contributed by atoms with Gasteiger partial charge in [0.25, 0.3) is 5.91 Å². The molecule has 5 nitrogen and oxygen atoms in total. The highest BCUT2D eigenvalue weighted by Crippen LogP contribution is 2.36. The normalized spacial score (nSPS) is 10.6. The molecule has 0 unspecified atom stereocenters. The Balaban J connectivity index is 2.04. The van der Waals surface area contributed by atoms with Crippen LogP contribution in [0.1, 0.15) is 29.3 Å². The van der Waals surface area contributed by atoms with E-state index in [1.807, 2.05) is 6.92 Å². The van der Waals surface area contributed by atoms with Crippen LogP contribution >= 0.6 is 11.6 Å². The molecule has 2 rings (SSSR count). The monoisotopic (exact) mass is 399 g/mol. The Morgan fingerprint density at radius 3 is 2.52 bits per heavy atom. The van der Waals surface area contributed by atoms with Gasteiger partial charge in [-0.05, 0) is 36.2 Å². The van der Waals surface area contributed by atoms with E-state index < -0.39 is 6.61 Å². The molecule has 0 aliphatic heterocycles. The van der Waals surface area contributed by atoms with E-state index in [2.05, 4.69) is 10.1 Å². The lowest BCUT2D eigenvalue weighted by molar-refractivity contribution is -0.0498. The third-order valence-corrected chi connectivity index (χ3v) is 3.82. The molecule has 2 aromatic rings. The summed E-state index contributed by atoms with van der Waals surface area (Å²) in [4.78, 5) is 12.4. The van der Waals surface area contributed by atoms with Crippen molar-refractivity contribution in [2.24, 2.45) is 0 Å². The van der Waals surface area contributed by atoms with Crippen LogP contribution in [-0.4, -0.2) is 26.2 Å². The lowest BCUT2D eigenvalue weighted by atomic mass is 10.1. The van der Waals surface area contributed by atoms with Gasteiger partial charge in [-0.3, -0.25) is 4.79 Å². The van der Waals surface area contributed by atoms with Crippen LogP contribution in [0.4, 0.5) is 8.78 Å². The Kier molecular flexibility index (Phi) is 7.67. The summed E-state index contributed by atoms with van der Waals surface area (Å²) in [6.07, 6.45) is 0.808. The Morgan fingerprint density at radius 2 is 1.93 bits per heavy atom. The highest BCUT2D eigenvalue weighted by molar-refractivity contribution is 6.32. The minimum Gasteiger partial charge on any atom is -0.493 e. The first kappa shape index (κ1) is 20.8. The molecule has 0 saturated carbocycles. The van der Waals surface area contributed by atoms with Crippen LogP contribution in [0.2, 0.25) is 5.02 Å². The first-order chi connectivity index (χ1) is 12.9. The molecule has 1 amide bonds. The third kappa shape index (κ3) is 5.99. The second-order valence-corrected chi connectivity index (χ2v) is 5.95. The number of nitrogens with one attached hydrogen (secondary N) is 1. The SMILES string of the molecule is CCCOc1c(Cl)cc(C(=O)NCc2ccc(OC(F)F)cc2)cc1OC. The second kappa shape index (κ2) is 9.97. The van der Waals surface area contributed by atoms with Gasteiger partial charge in [0.05, 0.1) is 18.7 Å². The van der Waals surface area contributed by atoms with Crippen LogP contribution < -0.4 is 19.5 Å². The number of methoxy groups -OCH3 is 1. The zero-order valence-electron chi connectivity index (χ0n) is 14.9. The van der Waals surface area contributed by atoms with Crippen molar-refractivity contribution >= 4 is 17.5 Å². The van der Waals surface area contributed by atoms with E-state index in [0.717, 1.165) is 12.0 Å². The van der Waals surface area contributed by atoms with Gasteiger partial charge < -0.3 is 19.5 Å².